The van der Waals surface area contributed by atoms with Crippen LogP contribution in [0, 0.1) is 10.1 Å². The molecule has 0 amide bonds. The molecule has 2 rings (SSSR count). The van der Waals surface area contributed by atoms with Gasteiger partial charge in [-0.1, -0.05) is 23.7 Å². The number of nitro groups is 1. The van der Waals surface area contributed by atoms with Crippen molar-refractivity contribution in [2.75, 3.05) is 0 Å². The van der Waals surface area contributed by atoms with Gasteiger partial charge in [0.2, 0.25) is 0 Å². The minimum absolute atomic E-state index is 0.0754. The van der Waals surface area contributed by atoms with Gasteiger partial charge in [0.05, 0.1) is 9.95 Å². The number of hydrogen-bond acceptors (Lipinski definition) is 4. The Morgan fingerprint density at radius 3 is 2.69 bits per heavy atom. The largest absolute Gasteiger partial charge is 0.287 e. The molecule has 0 fully saturated rings. The summed E-state index contributed by atoms with van der Waals surface area (Å²) in [6.45, 7) is 0. The second-order valence-corrected chi connectivity index (χ2v) is 4.67. The van der Waals surface area contributed by atoms with E-state index in [0.717, 1.165) is 11.3 Å². The molecule has 0 aliphatic rings. The molecule has 1 aromatic heterocycles. The first kappa shape index (κ1) is 11.3. The summed E-state index contributed by atoms with van der Waals surface area (Å²) in [6, 6.07) is 4.49. The molecule has 0 bridgehead atoms. The zero-order valence-corrected chi connectivity index (χ0v) is 9.90. The average Bonchev–Trinajstić information content (AvgIpc) is 2.56. The molecular formula is C9H3Cl2NO3S. The van der Waals surface area contributed by atoms with Crippen molar-refractivity contribution in [2.45, 2.75) is 0 Å². The standard InChI is InChI=1S/C9H3Cl2NO3S/c10-6-4-2-1-3-5(12(14)15)7(4)16-8(6)9(11)13/h1-3H. The van der Waals surface area contributed by atoms with Gasteiger partial charge >= 0.3 is 0 Å². The smallest absolute Gasteiger partial charge is 0.275 e. The van der Waals surface area contributed by atoms with Gasteiger partial charge < -0.3 is 0 Å². The molecule has 1 aromatic carbocycles. The molecule has 0 unspecified atom stereocenters. The van der Waals surface area contributed by atoms with Gasteiger partial charge in [-0.05, 0) is 11.6 Å². The zero-order valence-electron chi connectivity index (χ0n) is 7.57. The molecule has 7 heteroatoms. The first-order valence-electron chi connectivity index (χ1n) is 4.07. The van der Waals surface area contributed by atoms with E-state index >= 15 is 0 Å². The van der Waals surface area contributed by atoms with E-state index in [9.17, 15) is 14.9 Å². The van der Waals surface area contributed by atoms with E-state index in [1.807, 2.05) is 0 Å². The van der Waals surface area contributed by atoms with Crippen LogP contribution in [-0.4, -0.2) is 10.2 Å². The summed E-state index contributed by atoms with van der Waals surface area (Å²) in [5, 5.41) is 10.7. The summed E-state index contributed by atoms with van der Waals surface area (Å²) in [7, 11) is 0. The van der Waals surface area contributed by atoms with Crippen molar-refractivity contribution in [3.8, 4) is 0 Å². The Morgan fingerprint density at radius 1 is 1.44 bits per heavy atom. The predicted molar refractivity (Wildman–Crippen MR) is 63.7 cm³/mol. The van der Waals surface area contributed by atoms with E-state index in [1.54, 1.807) is 6.07 Å². The van der Waals surface area contributed by atoms with E-state index in [-0.39, 0.29) is 15.6 Å². The highest BCUT2D eigenvalue weighted by Crippen LogP contribution is 2.40. The van der Waals surface area contributed by atoms with Crippen molar-refractivity contribution in [1.82, 2.24) is 0 Å². The second kappa shape index (κ2) is 4.01. The molecule has 0 radical (unpaired) electrons. The van der Waals surface area contributed by atoms with Gasteiger partial charge in [0.25, 0.3) is 10.9 Å². The predicted octanol–water partition coefficient (Wildman–Crippen LogP) is 3.84. The SMILES string of the molecule is O=C(Cl)c1sc2c([N+](=O)[O-])cccc2c1Cl. The van der Waals surface area contributed by atoms with Gasteiger partial charge in [0, 0.05) is 11.5 Å². The van der Waals surface area contributed by atoms with Gasteiger partial charge in [-0.2, -0.15) is 0 Å². The lowest BCUT2D eigenvalue weighted by atomic mass is 10.2. The van der Waals surface area contributed by atoms with E-state index < -0.39 is 10.2 Å². The Bertz CT molecular complexity index is 608. The average molecular weight is 276 g/mol. The first-order valence-corrected chi connectivity index (χ1v) is 5.65. The van der Waals surface area contributed by atoms with E-state index in [0.29, 0.717) is 10.1 Å². The van der Waals surface area contributed by atoms with Crippen molar-refractivity contribution >= 4 is 55.6 Å². The number of carbonyl (C=O) groups excluding carboxylic acids is 1. The Balaban J connectivity index is 2.85. The van der Waals surface area contributed by atoms with Gasteiger partial charge in [-0.15, -0.1) is 11.3 Å². The van der Waals surface area contributed by atoms with Crippen LogP contribution in [0.25, 0.3) is 10.1 Å². The minimum atomic E-state index is -0.708. The number of hydrogen-bond donors (Lipinski definition) is 0. The number of carbonyl (C=O) groups is 1. The van der Waals surface area contributed by atoms with Crippen LogP contribution >= 0.6 is 34.5 Å². The van der Waals surface area contributed by atoms with Crippen LogP contribution < -0.4 is 0 Å². The highest BCUT2D eigenvalue weighted by molar-refractivity contribution is 7.23. The topological polar surface area (TPSA) is 60.2 Å². The molecule has 0 spiro atoms. The Kier molecular flexibility index (Phi) is 2.84. The summed E-state index contributed by atoms with van der Waals surface area (Å²) < 4.78 is 0.363. The molecule has 0 N–H and O–H groups in total. The highest BCUT2D eigenvalue weighted by Gasteiger charge is 2.21. The molecule has 82 valence electrons. The lowest BCUT2D eigenvalue weighted by molar-refractivity contribution is -0.382. The number of nitrogens with zero attached hydrogens (tertiary/aromatic N) is 1. The van der Waals surface area contributed by atoms with Crippen molar-refractivity contribution < 1.29 is 9.72 Å². The number of thiophene rings is 1. The molecule has 0 aliphatic carbocycles. The second-order valence-electron chi connectivity index (χ2n) is 2.93. The summed E-state index contributed by atoms with van der Waals surface area (Å²) >= 11 is 12.2. The molecule has 0 saturated heterocycles. The maximum Gasteiger partial charge on any atom is 0.287 e. The fraction of sp³-hybridized carbons (Fsp3) is 0. The third-order valence-electron chi connectivity index (χ3n) is 2.01. The number of rotatable bonds is 2. The van der Waals surface area contributed by atoms with Crippen LogP contribution in [0.2, 0.25) is 5.02 Å². The molecule has 16 heavy (non-hydrogen) atoms. The van der Waals surface area contributed by atoms with E-state index in [2.05, 4.69) is 0 Å². The van der Waals surface area contributed by atoms with Crippen LogP contribution in [-0.2, 0) is 0 Å². The molecule has 2 aromatic rings. The van der Waals surface area contributed by atoms with E-state index in [1.165, 1.54) is 12.1 Å². The fourth-order valence-corrected chi connectivity index (χ4v) is 3.03. The Labute approximate surface area is 104 Å². The third kappa shape index (κ3) is 1.67. The molecule has 4 nitrogen and oxygen atoms in total. The van der Waals surface area contributed by atoms with Gasteiger partial charge in [-0.25, -0.2) is 0 Å². The summed E-state index contributed by atoms with van der Waals surface area (Å²) in [5.74, 6) is 0. The van der Waals surface area contributed by atoms with Crippen LogP contribution in [0.1, 0.15) is 9.67 Å². The monoisotopic (exact) mass is 275 g/mol. The molecule has 0 aliphatic heterocycles. The maximum atomic E-state index is 11.0. The van der Waals surface area contributed by atoms with Crippen LogP contribution in [0.4, 0.5) is 5.69 Å². The fourth-order valence-electron chi connectivity index (χ4n) is 1.34. The summed E-state index contributed by atoms with van der Waals surface area (Å²) in [4.78, 5) is 21.4. The Morgan fingerprint density at radius 2 is 2.12 bits per heavy atom. The third-order valence-corrected chi connectivity index (χ3v) is 4.04. The lowest BCUT2D eigenvalue weighted by Crippen LogP contribution is -1.86. The molecule has 0 atom stereocenters. The first-order chi connectivity index (χ1) is 7.52. The number of nitro benzene ring substituents is 1. The zero-order chi connectivity index (χ0) is 11.9. The summed E-state index contributed by atoms with van der Waals surface area (Å²) in [6.07, 6.45) is 0. The number of fused-ring (bicyclic) bond motifs is 1. The quantitative estimate of drug-likeness (QED) is 0.475. The van der Waals surface area contributed by atoms with Crippen LogP contribution in [0.5, 0.6) is 0 Å². The maximum absolute atomic E-state index is 11.0. The number of halogens is 2. The highest BCUT2D eigenvalue weighted by atomic mass is 35.5. The van der Waals surface area contributed by atoms with Crippen LogP contribution in [0.3, 0.4) is 0 Å². The summed E-state index contributed by atoms with van der Waals surface area (Å²) in [5.41, 5.74) is -0.0754. The molecule has 1 heterocycles. The molecular weight excluding hydrogens is 273 g/mol. The minimum Gasteiger partial charge on any atom is -0.275 e. The van der Waals surface area contributed by atoms with Crippen molar-refractivity contribution in [3.05, 3.63) is 38.2 Å². The van der Waals surface area contributed by atoms with Gasteiger partial charge in [-0.3, -0.25) is 14.9 Å². The van der Waals surface area contributed by atoms with E-state index in [4.69, 9.17) is 23.2 Å². The van der Waals surface area contributed by atoms with Gasteiger partial charge in [0.15, 0.2) is 0 Å². The molecule has 0 saturated carbocycles. The van der Waals surface area contributed by atoms with Gasteiger partial charge in [0.1, 0.15) is 9.58 Å². The van der Waals surface area contributed by atoms with Crippen molar-refractivity contribution in [1.29, 1.82) is 0 Å². The normalized spacial score (nSPS) is 10.6. The van der Waals surface area contributed by atoms with Crippen molar-refractivity contribution in [2.24, 2.45) is 0 Å². The number of non-ortho nitro benzene ring substituents is 1. The number of benzene rings is 1. The van der Waals surface area contributed by atoms with Crippen LogP contribution in [0.15, 0.2) is 18.2 Å². The Hall–Kier alpha value is -1.17. The van der Waals surface area contributed by atoms with Crippen molar-refractivity contribution in [3.63, 3.8) is 0 Å². The lowest BCUT2D eigenvalue weighted by Gasteiger charge is -1.92.